The molecule has 0 aromatic heterocycles. The minimum atomic E-state index is 0.202. The van der Waals surface area contributed by atoms with Gasteiger partial charge in [-0.2, -0.15) is 0 Å². The van der Waals surface area contributed by atoms with Gasteiger partial charge in [-0.1, -0.05) is 25.1 Å². The summed E-state index contributed by atoms with van der Waals surface area (Å²) in [6, 6.07) is 8.79. The Bertz CT molecular complexity index is 413. The lowest BCUT2D eigenvalue weighted by Gasteiger charge is -2.25. The summed E-state index contributed by atoms with van der Waals surface area (Å²) in [5, 5.41) is 3.69. The quantitative estimate of drug-likeness (QED) is 0.787. The molecule has 1 heterocycles. The molecule has 3 heteroatoms. The molecule has 2 rings (SSSR count). The fraction of sp³-hybridized carbons (Fsp3) is 0.667. The Morgan fingerprint density at radius 1 is 1.33 bits per heavy atom. The molecule has 118 valence electrons. The third kappa shape index (κ3) is 5.01. The second-order valence-corrected chi connectivity index (χ2v) is 6.18. The number of para-hydroxylation sites is 1. The molecule has 1 saturated heterocycles. The van der Waals surface area contributed by atoms with E-state index in [2.05, 4.69) is 50.4 Å². The molecule has 0 saturated carbocycles. The zero-order valence-electron chi connectivity index (χ0n) is 13.6. The molecule has 1 fully saturated rings. The highest BCUT2D eigenvalue weighted by atomic mass is 16.5. The Morgan fingerprint density at radius 2 is 2.14 bits per heavy atom. The highest BCUT2D eigenvalue weighted by molar-refractivity contribution is 5.36. The van der Waals surface area contributed by atoms with E-state index >= 15 is 0 Å². The lowest BCUT2D eigenvalue weighted by atomic mass is 9.93. The lowest BCUT2D eigenvalue weighted by Crippen LogP contribution is -2.25. The topological polar surface area (TPSA) is 30.5 Å². The first kappa shape index (κ1) is 16.3. The van der Waals surface area contributed by atoms with Crippen molar-refractivity contribution >= 4 is 0 Å². The van der Waals surface area contributed by atoms with Crippen molar-refractivity contribution in [2.45, 2.75) is 52.2 Å². The number of hydrogen-bond acceptors (Lipinski definition) is 3. The molecule has 2 unspecified atom stereocenters. The third-order valence-electron chi connectivity index (χ3n) is 3.89. The smallest absolute Gasteiger partial charge is 0.124 e. The standard InChI is InChI=1S/C18H29NO2/c1-4-10-19-17(12-15-9-11-20-13-15)16-7-5-6-8-18(16)21-14(2)3/h5-8,14-15,17,19H,4,9-13H2,1-3H3. The molecule has 1 aliphatic heterocycles. The van der Waals surface area contributed by atoms with Crippen LogP contribution in [-0.2, 0) is 4.74 Å². The summed E-state index contributed by atoms with van der Waals surface area (Å²) in [4.78, 5) is 0. The van der Waals surface area contributed by atoms with Crippen molar-refractivity contribution in [1.82, 2.24) is 5.32 Å². The van der Waals surface area contributed by atoms with Gasteiger partial charge in [0.05, 0.1) is 6.10 Å². The SMILES string of the molecule is CCCNC(CC1CCOC1)c1ccccc1OC(C)C. The van der Waals surface area contributed by atoms with Gasteiger partial charge < -0.3 is 14.8 Å². The van der Waals surface area contributed by atoms with Crippen LogP contribution < -0.4 is 10.1 Å². The van der Waals surface area contributed by atoms with Crippen molar-refractivity contribution in [3.63, 3.8) is 0 Å². The summed E-state index contributed by atoms with van der Waals surface area (Å²) in [6.45, 7) is 9.21. The van der Waals surface area contributed by atoms with E-state index in [1.165, 1.54) is 12.0 Å². The summed E-state index contributed by atoms with van der Waals surface area (Å²) in [5.74, 6) is 1.67. The van der Waals surface area contributed by atoms with Crippen LogP contribution >= 0.6 is 0 Å². The maximum Gasteiger partial charge on any atom is 0.124 e. The molecule has 0 radical (unpaired) electrons. The summed E-state index contributed by atoms with van der Waals surface area (Å²) in [7, 11) is 0. The van der Waals surface area contributed by atoms with Crippen LogP contribution in [0.2, 0.25) is 0 Å². The first-order valence-corrected chi connectivity index (χ1v) is 8.27. The highest BCUT2D eigenvalue weighted by Gasteiger charge is 2.23. The van der Waals surface area contributed by atoms with Gasteiger partial charge >= 0.3 is 0 Å². The van der Waals surface area contributed by atoms with E-state index in [1.807, 2.05) is 0 Å². The molecule has 0 bridgehead atoms. The van der Waals surface area contributed by atoms with Gasteiger partial charge in [-0.05, 0) is 51.6 Å². The third-order valence-corrected chi connectivity index (χ3v) is 3.89. The van der Waals surface area contributed by atoms with E-state index in [0.29, 0.717) is 12.0 Å². The van der Waals surface area contributed by atoms with Gasteiger partial charge in [-0.3, -0.25) is 0 Å². The van der Waals surface area contributed by atoms with Gasteiger partial charge in [0.25, 0.3) is 0 Å². The van der Waals surface area contributed by atoms with Crippen LogP contribution in [0.4, 0.5) is 0 Å². The van der Waals surface area contributed by atoms with Crippen molar-refractivity contribution in [2.75, 3.05) is 19.8 Å². The second-order valence-electron chi connectivity index (χ2n) is 6.18. The van der Waals surface area contributed by atoms with Gasteiger partial charge in [0.15, 0.2) is 0 Å². The van der Waals surface area contributed by atoms with Crippen molar-refractivity contribution < 1.29 is 9.47 Å². The van der Waals surface area contributed by atoms with E-state index in [-0.39, 0.29) is 6.10 Å². The van der Waals surface area contributed by atoms with E-state index < -0.39 is 0 Å². The van der Waals surface area contributed by atoms with Crippen molar-refractivity contribution in [1.29, 1.82) is 0 Å². The molecule has 1 aromatic rings. The molecule has 0 amide bonds. The largest absolute Gasteiger partial charge is 0.491 e. The van der Waals surface area contributed by atoms with Gasteiger partial charge in [0, 0.05) is 24.8 Å². The summed E-state index contributed by atoms with van der Waals surface area (Å²) in [6.07, 6.45) is 3.65. The van der Waals surface area contributed by atoms with Crippen LogP contribution in [0.1, 0.15) is 51.6 Å². The molecule has 3 nitrogen and oxygen atoms in total. The Labute approximate surface area is 129 Å². The van der Waals surface area contributed by atoms with E-state index in [9.17, 15) is 0 Å². The van der Waals surface area contributed by atoms with Crippen LogP contribution in [0, 0.1) is 5.92 Å². The fourth-order valence-corrected chi connectivity index (χ4v) is 2.87. The zero-order valence-corrected chi connectivity index (χ0v) is 13.6. The normalized spacial score (nSPS) is 19.9. The average Bonchev–Trinajstić information content (AvgIpc) is 2.96. The number of rotatable bonds is 8. The molecule has 0 aliphatic carbocycles. The van der Waals surface area contributed by atoms with Crippen molar-refractivity contribution in [3.8, 4) is 5.75 Å². The molecular weight excluding hydrogens is 262 g/mol. The van der Waals surface area contributed by atoms with Gasteiger partial charge in [-0.25, -0.2) is 0 Å². The maximum atomic E-state index is 6.00. The first-order valence-electron chi connectivity index (χ1n) is 8.27. The zero-order chi connectivity index (χ0) is 15.1. The van der Waals surface area contributed by atoms with Crippen LogP contribution in [0.3, 0.4) is 0 Å². The van der Waals surface area contributed by atoms with E-state index in [1.54, 1.807) is 0 Å². The van der Waals surface area contributed by atoms with Crippen molar-refractivity contribution in [2.24, 2.45) is 5.92 Å². The number of ether oxygens (including phenoxy) is 2. The molecule has 21 heavy (non-hydrogen) atoms. The fourth-order valence-electron chi connectivity index (χ4n) is 2.87. The van der Waals surface area contributed by atoms with E-state index in [0.717, 1.165) is 38.3 Å². The molecular formula is C18H29NO2. The Kier molecular flexibility index (Phi) is 6.52. The van der Waals surface area contributed by atoms with Crippen LogP contribution in [0.15, 0.2) is 24.3 Å². The Hall–Kier alpha value is -1.06. The van der Waals surface area contributed by atoms with Gasteiger partial charge in [-0.15, -0.1) is 0 Å². The molecule has 1 aromatic carbocycles. The molecule has 1 N–H and O–H groups in total. The summed E-state index contributed by atoms with van der Waals surface area (Å²) >= 11 is 0. The molecule has 1 aliphatic rings. The summed E-state index contributed by atoms with van der Waals surface area (Å²) in [5.41, 5.74) is 1.28. The average molecular weight is 291 g/mol. The monoisotopic (exact) mass is 291 g/mol. The Morgan fingerprint density at radius 3 is 2.81 bits per heavy atom. The second kappa shape index (κ2) is 8.40. The van der Waals surface area contributed by atoms with Crippen LogP contribution in [-0.4, -0.2) is 25.9 Å². The number of benzene rings is 1. The predicted octanol–water partition coefficient (Wildman–Crippen LogP) is 3.94. The van der Waals surface area contributed by atoms with Crippen LogP contribution in [0.25, 0.3) is 0 Å². The van der Waals surface area contributed by atoms with Crippen molar-refractivity contribution in [3.05, 3.63) is 29.8 Å². The minimum Gasteiger partial charge on any atom is -0.491 e. The number of hydrogen-bond donors (Lipinski definition) is 1. The lowest BCUT2D eigenvalue weighted by molar-refractivity contribution is 0.180. The van der Waals surface area contributed by atoms with E-state index in [4.69, 9.17) is 9.47 Å². The van der Waals surface area contributed by atoms with Crippen LogP contribution in [0.5, 0.6) is 5.75 Å². The Balaban J connectivity index is 2.13. The van der Waals surface area contributed by atoms with Gasteiger partial charge in [0.2, 0.25) is 0 Å². The predicted molar refractivity (Wildman–Crippen MR) is 86.8 cm³/mol. The highest BCUT2D eigenvalue weighted by Crippen LogP contribution is 2.32. The van der Waals surface area contributed by atoms with Gasteiger partial charge in [0.1, 0.15) is 5.75 Å². The maximum absolute atomic E-state index is 6.00. The first-order chi connectivity index (χ1) is 10.2. The summed E-state index contributed by atoms with van der Waals surface area (Å²) < 4.78 is 11.5. The number of nitrogens with one attached hydrogen (secondary N) is 1. The molecule has 0 spiro atoms. The molecule has 2 atom stereocenters. The minimum absolute atomic E-state index is 0.202.